The van der Waals surface area contributed by atoms with Crippen LogP contribution in [0.1, 0.15) is 107 Å². The van der Waals surface area contributed by atoms with Crippen molar-refractivity contribution in [3.63, 3.8) is 0 Å². The maximum atomic E-state index is 2.69. The van der Waals surface area contributed by atoms with E-state index in [4.69, 9.17) is 0 Å². The number of hydrogen-bond donors (Lipinski definition) is 0. The summed E-state index contributed by atoms with van der Waals surface area (Å²) in [5.74, 6) is 2.14. The minimum atomic E-state index is -0.140. The van der Waals surface area contributed by atoms with E-state index in [1.54, 1.807) is 61.3 Å². The Balaban J connectivity index is 0.929. The van der Waals surface area contributed by atoms with Crippen molar-refractivity contribution in [2.75, 3.05) is 0 Å². The first kappa shape index (κ1) is 33.6. The normalized spacial score (nSPS) is 29.3. The lowest BCUT2D eigenvalue weighted by molar-refractivity contribution is 0.256. The number of hydrogen-bond acceptors (Lipinski definition) is 0. The highest BCUT2D eigenvalue weighted by Crippen LogP contribution is 2.65. The second-order valence-electron chi connectivity index (χ2n) is 18.4. The Labute approximate surface area is 329 Å². The fraction of sp³-hybridized carbons (Fsp3) is 0.345. The van der Waals surface area contributed by atoms with E-state index in [2.05, 4.69) is 147 Å². The molecule has 4 unspecified atom stereocenters. The molecule has 0 nitrogen and oxygen atoms in total. The van der Waals surface area contributed by atoms with Crippen molar-refractivity contribution in [3.8, 4) is 0 Å². The number of allylic oxidation sites excluding steroid dienone is 24. The molecule has 9 aliphatic carbocycles. The van der Waals surface area contributed by atoms with Gasteiger partial charge in [0.25, 0.3) is 0 Å². The van der Waals surface area contributed by atoms with Crippen LogP contribution in [0, 0.1) is 23.2 Å². The molecule has 0 radical (unpaired) electrons. The van der Waals surface area contributed by atoms with Gasteiger partial charge in [-0.1, -0.05) is 153 Å². The molecule has 0 N–H and O–H groups in total. The average molecular weight is 715 g/mol. The Kier molecular flexibility index (Phi) is 7.92. The van der Waals surface area contributed by atoms with Crippen molar-refractivity contribution >= 4 is 5.57 Å². The van der Waals surface area contributed by atoms with Crippen LogP contribution in [0.3, 0.4) is 0 Å². The van der Waals surface area contributed by atoms with Crippen LogP contribution in [-0.4, -0.2) is 0 Å². The van der Waals surface area contributed by atoms with Gasteiger partial charge in [-0.25, -0.2) is 0 Å². The van der Waals surface area contributed by atoms with E-state index in [9.17, 15) is 0 Å². The molecule has 2 aromatic rings. The largest absolute Gasteiger partial charge is 0.0839 e. The van der Waals surface area contributed by atoms with E-state index >= 15 is 0 Å². The van der Waals surface area contributed by atoms with Crippen molar-refractivity contribution in [1.82, 2.24) is 0 Å². The van der Waals surface area contributed by atoms with Crippen LogP contribution in [0.4, 0.5) is 0 Å². The maximum Gasteiger partial charge on any atom is 0.0715 e. The van der Waals surface area contributed by atoms with Crippen LogP contribution >= 0.6 is 0 Å². The van der Waals surface area contributed by atoms with Gasteiger partial charge in [-0.15, -0.1) is 0 Å². The Morgan fingerprint density at radius 3 is 2.22 bits per heavy atom. The zero-order chi connectivity index (χ0) is 36.7. The van der Waals surface area contributed by atoms with Crippen LogP contribution < -0.4 is 0 Å². The first-order valence-electron chi connectivity index (χ1n) is 21.6. The topological polar surface area (TPSA) is 0 Å². The first-order chi connectivity index (χ1) is 27.0. The first-order valence-corrected chi connectivity index (χ1v) is 21.6. The van der Waals surface area contributed by atoms with E-state index in [1.807, 2.05) is 0 Å². The molecular weight excluding hydrogens is 661 g/mol. The molecule has 0 aromatic heterocycles. The van der Waals surface area contributed by atoms with Crippen LogP contribution in [0.5, 0.6) is 0 Å². The highest BCUT2D eigenvalue weighted by atomic mass is 14.6. The molecule has 0 saturated heterocycles. The zero-order valence-corrected chi connectivity index (χ0v) is 32.8. The van der Waals surface area contributed by atoms with Gasteiger partial charge in [0.05, 0.1) is 5.41 Å². The van der Waals surface area contributed by atoms with Crippen molar-refractivity contribution in [2.45, 2.75) is 95.8 Å². The highest BCUT2D eigenvalue weighted by molar-refractivity contribution is 5.92. The van der Waals surface area contributed by atoms with Gasteiger partial charge in [0.15, 0.2) is 0 Å². The molecule has 9 aliphatic rings. The van der Waals surface area contributed by atoms with Crippen LogP contribution in [0.25, 0.3) is 5.57 Å². The lowest BCUT2D eigenvalue weighted by atomic mass is 9.65. The summed E-state index contributed by atoms with van der Waals surface area (Å²) in [6.07, 6.45) is 45.6. The predicted molar refractivity (Wildman–Crippen MR) is 230 cm³/mol. The summed E-state index contributed by atoms with van der Waals surface area (Å²) in [6.45, 7) is 5.05. The fourth-order valence-electron chi connectivity index (χ4n) is 12.7. The quantitative estimate of drug-likeness (QED) is 0.296. The summed E-state index contributed by atoms with van der Waals surface area (Å²) < 4.78 is 0. The molecular formula is C55H54. The smallest absolute Gasteiger partial charge is 0.0715 e. The Morgan fingerprint density at radius 2 is 1.44 bits per heavy atom. The third-order valence-corrected chi connectivity index (χ3v) is 15.3. The van der Waals surface area contributed by atoms with Crippen molar-refractivity contribution in [1.29, 1.82) is 0 Å². The SMILES string of the molecule is CC1(C)C2=CC(c3ccccc3)CC=C2C(CC2=CC=C(C3=CC4=C(CC3)c3ccccc3C43C4=C(CCC=C4)C4=C3C=CCC4)CC2)CC2C=CC=CC21. The van der Waals surface area contributed by atoms with E-state index in [0.29, 0.717) is 23.7 Å². The Bertz CT molecular complexity index is 2330. The maximum absolute atomic E-state index is 2.69. The monoisotopic (exact) mass is 714 g/mol. The van der Waals surface area contributed by atoms with Gasteiger partial charge in [-0.2, -0.15) is 0 Å². The van der Waals surface area contributed by atoms with Gasteiger partial charge in [0.2, 0.25) is 0 Å². The second-order valence-corrected chi connectivity index (χ2v) is 18.4. The molecule has 0 bridgehead atoms. The summed E-state index contributed by atoms with van der Waals surface area (Å²) in [4.78, 5) is 0. The van der Waals surface area contributed by atoms with Gasteiger partial charge >= 0.3 is 0 Å². The molecule has 0 aliphatic heterocycles. The summed E-state index contributed by atoms with van der Waals surface area (Å²) in [7, 11) is 0. The zero-order valence-electron chi connectivity index (χ0n) is 32.8. The second kappa shape index (κ2) is 12.9. The van der Waals surface area contributed by atoms with Crippen molar-refractivity contribution in [2.24, 2.45) is 23.2 Å². The minimum Gasteiger partial charge on any atom is -0.0839 e. The third-order valence-electron chi connectivity index (χ3n) is 15.3. The standard InChI is InChI=1S/C55H54/c1-54(2)48-20-10-6-16-41(48)33-42(43-30-28-39(34-52(43)54)37-14-4-3-5-15-37)32-36-24-26-38(27-25-36)40-29-31-47-46-19-9-13-23-51(46)55(53(47)35-40)49-21-11-7-17-44(49)45-18-8-12-22-50(45)55/h3-6,9-16,19-24,26,30,34-35,39,41-42,48H,7-8,17-18,25,27-29,31-33H2,1-2H3. The van der Waals surface area contributed by atoms with Crippen LogP contribution in [0.15, 0.2) is 189 Å². The van der Waals surface area contributed by atoms with Crippen LogP contribution in [-0.2, 0) is 5.41 Å². The van der Waals surface area contributed by atoms with Gasteiger partial charge in [-0.05, 0) is 166 Å². The summed E-state index contributed by atoms with van der Waals surface area (Å²) in [5.41, 5.74) is 22.2. The minimum absolute atomic E-state index is 0.0972. The highest BCUT2D eigenvalue weighted by Gasteiger charge is 2.54. The molecule has 1 saturated carbocycles. The Hall–Kier alpha value is -4.68. The van der Waals surface area contributed by atoms with Crippen LogP contribution in [0.2, 0.25) is 0 Å². The van der Waals surface area contributed by atoms with Gasteiger partial charge in [0.1, 0.15) is 0 Å². The lowest BCUT2D eigenvalue weighted by Gasteiger charge is -2.39. The lowest BCUT2D eigenvalue weighted by Crippen LogP contribution is -2.30. The number of fused-ring (bicyclic) bond motifs is 9. The van der Waals surface area contributed by atoms with Gasteiger partial charge in [0, 0.05) is 5.92 Å². The van der Waals surface area contributed by atoms with Crippen molar-refractivity contribution < 1.29 is 0 Å². The van der Waals surface area contributed by atoms with E-state index in [-0.39, 0.29) is 10.8 Å². The van der Waals surface area contributed by atoms with E-state index in [0.717, 1.165) is 25.7 Å². The average Bonchev–Trinajstić information content (AvgIpc) is 3.68. The number of benzene rings is 2. The molecule has 4 atom stereocenters. The van der Waals surface area contributed by atoms with E-state index in [1.165, 1.54) is 61.6 Å². The number of rotatable bonds is 4. The van der Waals surface area contributed by atoms with Crippen molar-refractivity contribution in [3.05, 3.63) is 206 Å². The molecule has 1 fully saturated rings. The summed E-state index contributed by atoms with van der Waals surface area (Å²) in [6, 6.07) is 20.7. The summed E-state index contributed by atoms with van der Waals surface area (Å²) >= 11 is 0. The molecule has 0 heterocycles. The predicted octanol–water partition coefficient (Wildman–Crippen LogP) is 14.2. The molecule has 274 valence electrons. The van der Waals surface area contributed by atoms with E-state index < -0.39 is 0 Å². The molecule has 11 rings (SSSR count). The molecule has 0 heteroatoms. The van der Waals surface area contributed by atoms with Gasteiger partial charge < -0.3 is 0 Å². The van der Waals surface area contributed by atoms with Gasteiger partial charge in [-0.3, -0.25) is 0 Å². The Morgan fingerprint density at radius 1 is 0.691 bits per heavy atom. The molecule has 0 amide bonds. The molecule has 1 spiro atoms. The fourth-order valence-corrected chi connectivity index (χ4v) is 12.7. The summed E-state index contributed by atoms with van der Waals surface area (Å²) in [5, 5.41) is 0. The molecule has 2 aromatic carbocycles. The molecule has 55 heavy (non-hydrogen) atoms. The third kappa shape index (κ3) is 5.09.